The first-order valence-electron chi connectivity index (χ1n) is 5.27. The van der Waals surface area contributed by atoms with Gasteiger partial charge in [-0.2, -0.15) is 5.10 Å². The highest BCUT2D eigenvalue weighted by atomic mass is 16.5. The van der Waals surface area contributed by atoms with Crippen LogP contribution in [-0.4, -0.2) is 30.0 Å². The van der Waals surface area contributed by atoms with Gasteiger partial charge in [0.1, 0.15) is 5.82 Å². The van der Waals surface area contributed by atoms with Crippen LogP contribution in [0.1, 0.15) is 20.8 Å². The minimum absolute atomic E-state index is 0.274. The molecule has 0 aliphatic heterocycles. The highest BCUT2D eigenvalue weighted by Gasteiger charge is 2.10. The van der Waals surface area contributed by atoms with Gasteiger partial charge in [0.25, 0.3) is 0 Å². The minimum Gasteiger partial charge on any atom is -0.383 e. The van der Waals surface area contributed by atoms with Crippen LogP contribution in [0.25, 0.3) is 0 Å². The monoisotopic (exact) mass is 211 g/mol. The van der Waals surface area contributed by atoms with Gasteiger partial charge in [-0.1, -0.05) is 20.8 Å². The van der Waals surface area contributed by atoms with E-state index < -0.39 is 0 Å². The second kappa shape index (κ2) is 5.16. The molecular formula is C11H21N3O. The van der Waals surface area contributed by atoms with Crippen molar-refractivity contribution in [3.8, 4) is 0 Å². The van der Waals surface area contributed by atoms with Gasteiger partial charge in [0.15, 0.2) is 0 Å². The Kier molecular flexibility index (Phi) is 4.15. The molecule has 0 spiro atoms. The van der Waals surface area contributed by atoms with E-state index in [1.807, 2.05) is 16.9 Å². The van der Waals surface area contributed by atoms with E-state index in [1.54, 1.807) is 7.11 Å². The SMILES string of the molecule is COCCn1ccc(NCC(C)(C)C)n1. The van der Waals surface area contributed by atoms with E-state index in [1.165, 1.54) is 0 Å². The predicted octanol–water partition coefficient (Wildman–Crippen LogP) is 1.99. The molecule has 15 heavy (non-hydrogen) atoms. The largest absolute Gasteiger partial charge is 0.383 e. The number of hydrogen-bond acceptors (Lipinski definition) is 3. The van der Waals surface area contributed by atoms with E-state index in [0.29, 0.717) is 6.61 Å². The van der Waals surface area contributed by atoms with Crippen molar-refractivity contribution >= 4 is 5.82 Å². The van der Waals surface area contributed by atoms with Gasteiger partial charge in [0.2, 0.25) is 0 Å². The van der Waals surface area contributed by atoms with Gasteiger partial charge < -0.3 is 10.1 Å². The lowest BCUT2D eigenvalue weighted by Crippen LogP contribution is -2.19. The number of aromatic nitrogens is 2. The second-order valence-electron chi connectivity index (χ2n) is 4.87. The maximum Gasteiger partial charge on any atom is 0.148 e. The van der Waals surface area contributed by atoms with E-state index in [4.69, 9.17) is 4.74 Å². The molecule has 0 aliphatic rings. The minimum atomic E-state index is 0.274. The van der Waals surface area contributed by atoms with Gasteiger partial charge in [0.05, 0.1) is 13.2 Å². The first kappa shape index (κ1) is 12.0. The average molecular weight is 211 g/mol. The fourth-order valence-electron chi connectivity index (χ4n) is 1.12. The molecule has 0 aromatic carbocycles. The highest BCUT2D eigenvalue weighted by molar-refractivity contribution is 5.32. The maximum atomic E-state index is 4.99. The summed E-state index contributed by atoms with van der Waals surface area (Å²) in [5.41, 5.74) is 0.274. The zero-order valence-corrected chi connectivity index (χ0v) is 10.1. The van der Waals surface area contributed by atoms with Crippen molar-refractivity contribution in [3.63, 3.8) is 0 Å². The molecule has 0 amide bonds. The molecule has 4 heteroatoms. The van der Waals surface area contributed by atoms with Gasteiger partial charge >= 0.3 is 0 Å². The third-order valence-corrected chi connectivity index (χ3v) is 1.97. The third kappa shape index (κ3) is 4.83. The summed E-state index contributed by atoms with van der Waals surface area (Å²) in [6.45, 7) is 9.01. The Bertz CT molecular complexity index is 288. The van der Waals surface area contributed by atoms with E-state index in [9.17, 15) is 0 Å². The Labute approximate surface area is 91.6 Å². The smallest absolute Gasteiger partial charge is 0.148 e. The van der Waals surface area contributed by atoms with Crippen LogP contribution in [0.3, 0.4) is 0 Å². The first-order chi connectivity index (χ1) is 7.01. The molecule has 1 aromatic heterocycles. The molecule has 4 nitrogen and oxygen atoms in total. The molecule has 1 heterocycles. The van der Waals surface area contributed by atoms with Crippen LogP contribution in [-0.2, 0) is 11.3 Å². The Morgan fingerprint density at radius 1 is 1.47 bits per heavy atom. The lowest BCUT2D eigenvalue weighted by atomic mass is 9.97. The molecule has 1 N–H and O–H groups in total. The number of rotatable bonds is 5. The third-order valence-electron chi connectivity index (χ3n) is 1.97. The van der Waals surface area contributed by atoms with Crippen LogP contribution in [0.2, 0.25) is 0 Å². The predicted molar refractivity (Wildman–Crippen MR) is 62.0 cm³/mol. The number of ether oxygens (including phenoxy) is 1. The summed E-state index contributed by atoms with van der Waals surface area (Å²) in [5, 5.41) is 7.69. The Morgan fingerprint density at radius 3 is 2.80 bits per heavy atom. The van der Waals surface area contributed by atoms with Crippen molar-refractivity contribution < 1.29 is 4.74 Å². The zero-order valence-electron chi connectivity index (χ0n) is 10.1. The van der Waals surface area contributed by atoms with Crippen molar-refractivity contribution in [1.29, 1.82) is 0 Å². The van der Waals surface area contributed by atoms with Crippen LogP contribution >= 0.6 is 0 Å². The molecule has 0 aliphatic carbocycles. The highest BCUT2D eigenvalue weighted by Crippen LogP contribution is 2.13. The number of anilines is 1. The zero-order chi connectivity index (χ0) is 11.3. The molecule has 0 atom stereocenters. The molecule has 0 saturated heterocycles. The summed E-state index contributed by atoms with van der Waals surface area (Å²) in [5.74, 6) is 0.932. The summed E-state index contributed by atoms with van der Waals surface area (Å²) in [6, 6.07) is 1.99. The molecule has 0 bridgehead atoms. The van der Waals surface area contributed by atoms with Gasteiger partial charge in [-0.15, -0.1) is 0 Å². The molecule has 0 radical (unpaired) electrons. The van der Waals surface area contributed by atoms with Crippen LogP contribution in [0.4, 0.5) is 5.82 Å². The normalized spacial score (nSPS) is 11.7. The number of hydrogen-bond donors (Lipinski definition) is 1. The second-order valence-corrected chi connectivity index (χ2v) is 4.87. The Hall–Kier alpha value is -1.03. The van der Waals surface area contributed by atoms with Crippen LogP contribution < -0.4 is 5.32 Å². The van der Waals surface area contributed by atoms with E-state index in [0.717, 1.165) is 18.9 Å². The maximum absolute atomic E-state index is 4.99. The van der Waals surface area contributed by atoms with E-state index in [-0.39, 0.29) is 5.41 Å². The van der Waals surface area contributed by atoms with Crippen molar-refractivity contribution in [2.24, 2.45) is 5.41 Å². The van der Waals surface area contributed by atoms with Crippen molar-refractivity contribution in [2.45, 2.75) is 27.3 Å². The van der Waals surface area contributed by atoms with Gasteiger partial charge in [-0.3, -0.25) is 4.68 Å². The number of methoxy groups -OCH3 is 1. The first-order valence-corrected chi connectivity index (χ1v) is 5.27. The fourth-order valence-corrected chi connectivity index (χ4v) is 1.12. The summed E-state index contributed by atoms with van der Waals surface area (Å²) in [4.78, 5) is 0. The Morgan fingerprint density at radius 2 is 2.20 bits per heavy atom. The molecule has 0 saturated carbocycles. The van der Waals surface area contributed by atoms with Crippen LogP contribution in [0, 0.1) is 5.41 Å². The van der Waals surface area contributed by atoms with Crippen LogP contribution in [0.15, 0.2) is 12.3 Å². The van der Waals surface area contributed by atoms with Crippen LogP contribution in [0.5, 0.6) is 0 Å². The molecule has 0 unspecified atom stereocenters. The van der Waals surface area contributed by atoms with Crippen molar-refractivity contribution in [3.05, 3.63) is 12.3 Å². The topological polar surface area (TPSA) is 39.1 Å². The summed E-state index contributed by atoms with van der Waals surface area (Å²) in [6.07, 6.45) is 1.96. The molecule has 86 valence electrons. The summed E-state index contributed by atoms with van der Waals surface area (Å²) >= 11 is 0. The van der Waals surface area contributed by atoms with E-state index >= 15 is 0 Å². The average Bonchev–Trinajstić information content (AvgIpc) is 2.58. The fraction of sp³-hybridized carbons (Fsp3) is 0.727. The van der Waals surface area contributed by atoms with Gasteiger partial charge in [0, 0.05) is 25.9 Å². The summed E-state index contributed by atoms with van der Waals surface area (Å²) in [7, 11) is 1.70. The van der Waals surface area contributed by atoms with Gasteiger partial charge in [-0.05, 0) is 5.41 Å². The molecular weight excluding hydrogens is 190 g/mol. The number of nitrogens with one attached hydrogen (secondary N) is 1. The summed E-state index contributed by atoms with van der Waals surface area (Å²) < 4.78 is 6.87. The number of nitrogens with zero attached hydrogens (tertiary/aromatic N) is 2. The van der Waals surface area contributed by atoms with Gasteiger partial charge in [-0.25, -0.2) is 0 Å². The molecule has 1 aromatic rings. The van der Waals surface area contributed by atoms with E-state index in [2.05, 4.69) is 31.2 Å². The molecule has 0 fully saturated rings. The van der Waals surface area contributed by atoms with Crippen molar-refractivity contribution in [1.82, 2.24) is 9.78 Å². The standard InChI is InChI=1S/C11H21N3O/c1-11(2,3)9-12-10-5-6-14(13-10)7-8-15-4/h5-6H,7-9H2,1-4H3,(H,12,13). The quantitative estimate of drug-likeness (QED) is 0.809. The molecule has 1 rings (SSSR count). The Balaban J connectivity index is 2.39. The van der Waals surface area contributed by atoms with Crippen molar-refractivity contribution in [2.75, 3.05) is 25.6 Å². The lowest BCUT2D eigenvalue weighted by Gasteiger charge is -2.18. The lowest BCUT2D eigenvalue weighted by molar-refractivity contribution is 0.183.